The SMILES string of the molecule is CCc1cc(Oc2cc(CN)cc(OC)c2)ncn1. The van der Waals surface area contributed by atoms with Crippen molar-refractivity contribution in [2.75, 3.05) is 7.11 Å². The Balaban J connectivity index is 2.26. The standard InChI is InChI=1S/C14H17N3O2/c1-3-11-6-14(17-9-16-11)19-13-5-10(8-15)4-12(7-13)18-2/h4-7,9H,3,8,15H2,1-2H3. The predicted molar refractivity (Wildman–Crippen MR) is 72.4 cm³/mol. The number of ether oxygens (including phenoxy) is 2. The van der Waals surface area contributed by atoms with Crippen molar-refractivity contribution in [3.63, 3.8) is 0 Å². The molecule has 0 unspecified atom stereocenters. The van der Waals surface area contributed by atoms with Crippen LogP contribution in [0.25, 0.3) is 0 Å². The third kappa shape index (κ3) is 3.42. The van der Waals surface area contributed by atoms with E-state index in [0.717, 1.165) is 17.7 Å². The van der Waals surface area contributed by atoms with Crippen LogP contribution in [0.5, 0.6) is 17.4 Å². The van der Waals surface area contributed by atoms with Gasteiger partial charge in [-0.1, -0.05) is 6.92 Å². The minimum Gasteiger partial charge on any atom is -0.497 e. The molecule has 0 fully saturated rings. The Labute approximate surface area is 112 Å². The Kier molecular flexibility index (Phi) is 4.30. The highest BCUT2D eigenvalue weighted by Crippen LogP contribution is 2.26. The number of benzene rings is 1. The van der Waals surface area contributed by atoms with Gasteiger partial charge in [-0.2, -0.15) is 0 Å². The van der Waals surface area contributed by atoms with Crippen molar-refractivity contribution in [2.24, 2.45) is 5.73 Å². The molecule has 0 amide bonds. The van der Waals surface area contributed by atoms with Gasteiger partial charge < -0.3 is 15.2 Å². The van der Waals surface area contributed by atoms with E-state index in [1.807, 2.05) is 25.1 Å². The molecule has 19 heavy (non-hydrogen) atoms. The van der Waals surface area contributed by atoms with Crippen molar-refractivity contribution in [2.45, 2.75) is 19.9 Å². The minimum atomic E-state index is 0.428. The molecule has 2 rings (SSSR count). The van der Waals surface area contributed by atoms with Gasteiger partial charge in [0, 0.05) is 24.4 Å². The molecule has 5 nitrogen and oxygen atoms in total. The second-order valence-corrected chi connectivity index (χ2v) is 4.02. The molecule has 0 aliphatic rings. The van der Waals surface area contributed by atoms with E-state index >= 15 is 0 Å². The number of hydrogen-bond donors (Lipinski definition) is 1. The van der Waals surface area contributed by atoms with Crippen LogP contribution in [0.4, 0.5) is 0 Å². The summed E-state index contributed by atoms with van der Waals surface area (Å²) in [6, 6.07) is 7.37. The summed E-state index contributed by atoms with van der Waals surface area (Å²) in [5.41, 5.74) is 7.53. The van der Waals surface area contributed by atoms with E-state index in [4.69, 9.17) is 15.2 Å². The molecule has 0 atom stereocenters. The number of nitrogens with two attached hydrogens (primary N) is 1. The van der Waals surface area contributed by atoms with Crippen LogP contribution in [0, 0.1) is 0 Å². The predicted octanol–water partition coefficient (Wildman–Crippen LogP) is 2.30. The number of nitrogens with zero attached hydrogens (tertiary/aromatic N) is 2. The maximum Gasteiger partial charge on any atom is 0.222 e. The lowest BCUT2D eigenvalue weighted by Crippen LogP contribution is -1.98. The molecule has 1 heterocycles. The van der Waals surface area contributed by atoms with Crippen LogP contribution in [-0.2, 0) is 13.0 Å². The largest absolute Gasteiger partial charge is 0.497 e. The highest BCUT2D eigenvalue weighted by atomic mass is 16.5. The molecule has 0 radical (unpaired) electrons. The maximum absolute atomic E-state index is 5.72. The second kappa shape index (κ2) is 6.15. The summed E-state index contributed by atoms with van der Waals surface area (Å²) < 4.78 is 10.9. The molecule has 0 saturated carbocycles. The van der Waals surface area contributed by atoms with Crippen LogP contribution in [-0.4, -0.2) is 17.1 Å². The van der Waals surface area contributed by atoms with E-state index in [2.05, 4.69) is 9.97 Å². The fourth-order valence-electron chi connectivity index (χ4n) is 1.67. The molecule has 5 heteroatoms. The molecule has 100 valence electrons. The first kappa shape index (κ1) is 13.3. The smallest absolute Gasteiger partial charge is 0.222 e. The van der Waals surface area contributed by atoms with Crippen LogP contribution in [0.2, 0.25) is 0 Å². The number of rotatable bonds is 5. The van der Waals surface area contributed by atoms with Gasteiger partial charge in [-0.25, -0.2) is 9.97 Å². The molecule has 2 N–H and O–H groups in total. The van der Waals surface area contributed by atoms with E-state index in [-0.39, 0.29) is 0 Å². The van der Waals surface area contributed by atoms with Gasteiger partial charge in [0.25, 0.3) is 0 Å². The lowest BCUT2D eigenvalue weighted by Gasteiger charge is -2.09. The summed E-state index contributed by atoms with van der Waals surface area (Å²) in [4.78, 5) is 8.22. The fourth-order valence-corrected chi connectivity index (χ4v) is 1.67. The fraction of sp³-hybridized carbons (Fsp3) is 0.286. The van der Waals surface area contributed by atoms with Gasteiger partial charge >= 0.3 is 0 Å². The molecule has 0 bridgehead atoms. The van der Waals surface area contributed by atoms with Crippen LogP contribution in [0.1, 0.15) is 18.2 Å². The zero-order chi connectivity index (χ0) is 13.7. The molecular weight excluding hydrogens is 242 g/mol. The molecule has 1 aromatic heterocycles. The van der Waals surface area contributed by atoms with Gasteiger partial charge in [-0.05, 0) is 24.1 Å². The highest BCUT2D eigenvalue weighted by molar-refractivity contribution is 5.40. The Hall–Kier alpha value is -2.14. The zero-order valence-corrected chi connectivity index (χ0v) is 11.1. The van der Waals surface area contributed by atoms with Crippen molar-refractivity contribution in [1.29, 1.82) is 0 Å². The van der Waals surface area contributed by atoms with E-state index in [1.165, 1.54) is 6.33 Å². The van der Waals surface area contributed by atoms with Gasteiger partial charge in [0.05, 0.1) is 7.11 Å². The zero-order valence-electron chi connectivity index (χ0n) is 11.1. The van der Waals surface area contributed by atoms with Crippen molar-refractivity contribution in [1.82, 2.24) is 9.97 Å². The number of aromatic nitrogens is 2. The summed E-state index contributed by atoms with van der Waals surface area (Å²) in [5.74, 6) is 1.88. The summed E-state index contributed by atoms with van der Waals surface area (Å²) in [7, 11) is 1.61. The first-order valence-corrected chi connectivity index (χ1v) is 6.12. The Morgan fingerprint density at radius 3 is 2.58 bits per heavy atom. The van der Waals surface area contributed by atoms with Crippen LogP contribution < -0.4 is 15.2 Å². The van der Waals surface area contributed by atoms with Crippen LogP contribution in [0.3, 0.4) is 0 Å². The summed E-state index contributed by atoms with van der Waals surface area (Å²) in [6.07, 6.45) is 2.34. The first-order valence-electron chi connectivity index (χ1n) is 6.12. The van der Waals surface area contributed by atoms with Crippen molar-refractivity contribution >= 4 is 0 Å². The minimum absolute atomic E-state index is 0.428. The van der Waals surface area contributed by atoms with E-state index < -0.39 is 0 Å². The van der Waals surface area contributed by atoms with E-state index in [9.17, 15) is 0 Å². The average molecular weight is 259 g/mol. The molecule has 1 aromatic carbocycles. The average Bonchev–Trinajstić information content (AvgIpc) is 2.47. The molecule has 2 aromatic rings. The molecule has 0 spiro atoms. The van der Waals surface area contributed by atoms with Crippen molar-refractivity contribution in [3.8, 4) is 17.4 Å². The van der Waals surface area contributed by atoms with Gasteiger partial charge in [-0.3, -0.25) is 0 Å². The highest BCUT2D eigenvalue weighted by Gasteiger charge is 2.05. The Morgan fingerprint density at radius 1 is 1.11 bits per heavy atom. The number of methoxy groups -OCH3 is 1. The second-order valence-electron chi connectivity index (χ2n) is 4.02. The van der Waals surface area contributed by atoms with Gasteiger partial charge in [0.15, 0.2) is 0 Å². The normalized spacial score (nSPS) is 10.3. The maximum atomic E-state index is 5.72. The van der Waals surface area contributed by atoms with Gasteiger partial charge in [0.2, 0.25) is 5.88 Å². The lowest BCUT2D eigenvalue weighted by atomic mass is 10.2. The van der Waals surface area contributed by atoms with Crippen molar-refractivity contribution in [3.05, 3.63) is 41.9 Å². The Morgan fingerprint density at radius 2 is 1.89 bits per heavy atom. The van der Waals surface area contributed by atoms with Gasteiger partial charge in [-0.15, -0.1) is 0 Å². The number of aryl methyl sites for hydroxylation is 1. The van der Waals surface area contributed by atoms with Crippen LogP contribution in [0.15, 0.2) is 30.6 Å². The first-order chi connectivity index (χ1) is 9.25. The van der Waals surface area contributed by atoms with E-state index in [1.54, 1.807) is 13.2 Å². The third-order valence-electron chi connectivity index (χ3n) is 2.69. The topological polar surface area (TPSA) is 70.3 Å². The molecular formula is C14H17N3O2. The molecule has 0 saturated heterocycles. The third-order valence-corrected chi connectivity index (χ3v) is 2.69. The van der Waals surface area contributed by atoms with Gasteiger partial charge in [0.1, 0.15) is 17.8 Å². The van der Waals surface area contributed by atoms with Crippen LogP contribution >= 0.6 is 0 Å². The number of hydrogen-bond acceptors (Lipinski definition) is 5. The quantitative estimate of drug-likeness (QED) is 0.892. The lowest BCUT2D eigenvalue weighted by molar-refractivity contribution is 0.406. The summed E-state index contributed by atoms with van der Waals surface area (Å²) in [5, 5.41) is 0. The molecule has 0 aliphatic carbocycles. The monoisotopic (exact) mass is 259 g/mol. The summed E-state index contributed by atoms with van der Waals surface area (Å²) >= 11 is 0. The Bertz CT molecular complexity index is 536. The van der Waals surface area contributed by atoms with E-state index in [0.29, 0.717) is 23.9 Å². The van der Waals surface area contributed by atoms with Crippen molar-refractivity contribution < 1.29 is 9.47 Å². The summed E-state index contributed by atoms with van der Waals surface area (Å²) in [6.45, 7) is 2.46. The molecule has 0 aliphatic heterocycles.